The normalized spacial score (nSPS) is 19.8. The zero-order valence-electron chi connectivity index (χ0n) is 9.91. The Morgan fingerprint density at radius 1 is 1.38 bits per heavy atom. The van der Waals surface area contributed by atoms with Gasteiger partial charge >= 0.3 is 0 Å². The van der Waals surface area contributed by atoms with E-state index in [1.54, 1.807) is 7.11 Å². The molecular formula is C13H17NOS. The highest BCUT2D eigenvalue weighted by Crippen LogP contribution is 2.42. The Morgan fingerprint density at radius 3 is 2.81 bits per heavy atom. The lowest BCUT2D eigenvalue weighted by molar-refractivity contribution is 0.413. The Balaban J connectivity index is 2.43. The fourth-order valence-electron chi connectivity index (χ4n) is 1.91. The molecule has 0 aromatic heterocycles. The van der Waals surface area contributed by atoms with Crippen LogP contribution in [-0.4, -0.2) is 12.5 Å². The minimum absolute atomic E-state index is 0.454. The molecule has 1 aromatic carbocycles. The molecule has 0 saturated heterocycles. The summed E-state index contributed by atoms with van der Waals surface area (Å²) in [7, 11) is 1.72. The summed E-state index contributed by atoms with van der Waals surface area (Å²) in [5.74, 6) is 0.951. The summed E-state index contributed by atoms with van der Waals surface area (Å²) >= 11 is 1.87. The molecule has 86 valence electrons. The number of rotatable bonds is 3. The third kappa shape index (κ3) is 2.05. The first-order chi connectivity index (χ1) is 7.76. The Kier molecular flexibility index (Phi) is 3.44. The lowest BCUT2D eigenvalue weighted by atomic mass is 10.1. The lowest BCUT2D eigenvalue weighted by Gasteiger charge is -2.09. The molecule has 0 radical (unpaired) electrons. The van der Waals surface area contributed by atoms with Gasteiger partial charge in [-0.1, -0.05) is 36.9 Å². The topological polar surface area (TPSA) is 21.3 Å². The van der Waals surface area contributed by atoms with E-state index in [1.165, 1.54) is 16.2 Å². The molecule has 3 heteroatoms. The second-order valence-corrected chi connectivity index (χ2v) is 5.12. The van der Waals surface area contributed by atoms with Crippen LogP contribution in [0, 0.1) is 0 Å². The van der Waals surface area contributed by atoms with Crippen molar-refractivity contribution in [1.29, 1.82) is 0 Å². The van der Waals surface area contributed by atoms with E-state index in [1.807, 2.05) is 23.9 Å². The highest BCUT2D eigenvalue weighted by atomic mass is 32.2. The molecule has 1 atom stereocenters. The summed E-state index contributed by atoms with van der Waals surface area (Å²) in [4.78, 5) is 1.33. The number of hydrogen-bond acceptors (Lipinski definition) is 3. The number of nitrogens with one attached hydrogen (secondary N) is 1. The number of allylic oxidation sites excluding steroid dienone is 1. The minimum atomic E-state index is 0.454. The van der Waals surface area contributed by atoms with Crippen LogP contribution >= 0.6 is 11.8 Å². The molecule has 2 rings (SSSR count). The molecule has 0 spiro atoms. The van der Waals surface area contributed by atoms with Gasteiger partial charge in [0, 0.05) is 16.2 Å². The zero-order chi connectivity index (χ0) is 11.5. The first-order valence-corrected chi connectivity index (χ1v) is 6.44. The number of ether oxygens (including phenoxy) is 1. The van der Waals surface area contributed by atoms with Crippen molar-refractivity contribution in [2.45, 2.75) is 25.6 Å². The van der Waals surface area contributed by atoms with E-state index < -0.39 is 0 Å². The molecule has 1 heterocycles. The van der Waals surface area contributed by atoms with Crippen LogP contribution in [0.3, 0.4) is 0 Å². The first kappa shape index (κ1) is 11.4. The number of hydrogen-bond donors (Lipinski definition) is 1. The van der Waals surface area contributed by atoms with Crippen molar-refractivity contribution in [3.8, 4) is 5.75 Å². The molecule has 1 aliphatic rings. The van der Waals surface area contributed by atoms with E-state index in [-0.39, 0.29) is 0 Å². The maximum Gasteiger partial charge on any atom is 0.127 e. The number of benzene rings is 1. The van der Waals surface area contributed by atoms with Gasteiger partial charge in [-0.05, 0) is 19.4 Å². The van der Waals surface area contributed by atoms with Crippen molar-refractivity contribution >= 4 is 16.7 Å². The van der Waals surface area contributed by atoms with E-state index in [9.17, 15) is 0 Å². The third-order valence-electron chi connectivity index (χ3n) is 2.65. The maximum atomic E-state index is 5.41. The van der Waals surface area contributed by atoms with Crippen molar-refractivity contribution in [2.75, 3.05) is 7.11 Å². The average Bonchev–Trinajstić information content (AvgIpc) is 2.70. The summed E-state index contributed by atoms with van der Waals surface area (Å²) < 4.78 is 5.41. The number of para-hydroxylation sites is 1. The van der Waals surface area contributed by atoms with Crippen LogP contribution in [0.2, 0.25) is 0 Å². The van der Waals surface area contributed by atoms with E-state index in [2.05, 4.69) is 31.3 Å². The monoisotopic (exact) mass is 235 g/mol. The molecule has 0 aliphatic carbocycles. The highest BCUT2D eigenvalue weighted by molar-refractivity contribution is 8.09. The van der Waals surface area contributed by atoms with Gasteiger partial charge in [0.2, 0.25) is 0 Å². The Hall–Kier alpha value is -1.09. The van der Waals surface area contributed by atoms with Gasteiger partial charge < -0.3 is 10.1 Å². The van der Waals surface area contributed by atoms with Crippen LogP contribution < -0.4 is 10.1 Å². The van der Waals surface area contributed by atoms with Crippen molar-refractivity contribution in [3.63, 3.8) is 0 Å². The number of thioether (sulfide) groups is 1. The fourth-order valence-corrected chi connectivity index (χ4v) is 3.11. The molecule has 0 amide bonds. The average molecular weight is 235 g/mol. The summed E-state index contributed by atoms with van der Waals surface area (Å²) in [5.41, 5.74) is 2.52. The van der Waals surface area contributed by atoms with Gasteiger partial charge in [-0.2, -0.15) is 0 Å². The van der Waals surface area contributed by atoms with E-state index in [0.717, 1.165) is 12.2 Å². The largest absolute Gasteiger partial charge is 0.496 e. The molecule has 0 fully saturated rings. The smallest absolute Gasteiger partial charge is 0.127 e. The molecule has 1 aliphatic heterocycles. The summed E-state index contributed by atoms with van der Waals surface area (Å²) in [5, 5.41) is 3.94. The Labute approximate surface area is 101 Å². The predicted octanol–water partition coefficient (Wildman–Crippen LogP) is 3.46. The SMILES string of the molecule is CCC1=C(c2ccccc2OC)SC(C)N1. The van der Waals surface area contributed by atoms with Gasteiger partial charge in [-0.3, -0.25) is 0 Å². The Morgan fingerprint density at radius 2 is 2.12 bits per heavy atom. The van der Waals surface area contributed by atoms with Crippen LogP contribution in [-0.2, 0) is 0 Å². The molecule has 0 saturated carbocycles. The van der Waals surface area contributed by atoms with E-state index in [0.29, 0.717) is 5.37 Å². The van der Waals surface area contributed by atoms with Gasteiger partial charge in [-0.15, -0.1) is 0 Å². The van der Waals surface area contributed by atoms with Gasteiger partial charge in [0.25, 0.3) is 0 Å². The lowest BCUT2D eigenvalue weighted by Crippen LogP contribution is -2.15. The molecular weight excluding hydrogens is 218 g/mol. The maximum absolute atomic E-state index is 5.41. The quantitative estimate of drug-likeness (QED) is 0.867. The zero-order valence-corrected chi connectivity index (χ0v) is 10.7. The Bertz CT molecular complexity index is 414. The van der Waals surface area contributed by atoms with Crippen molar-refractivity contribution in [1.82, 2.24) is 5.32 Å². The van der Waals surface area contributed by atoms with E-state index >= 15 is 0 Å². The van der Waals surface area contributed by atoms with Crippen LogP contribution in [0.5, 0.6) is 5.75 Å². The van der Waals surface area contributed by atoms with Crippen LogP contribution in [0.25, 0.3) is 4.91 Å². The third-order valence-corrected chi connectivity index (χ3v) is 3.82. The second-order valence-electron chi connectivity index (χ2n) is 3.77. The van der Waals surface area contributed by atoms with Crippen molar-refractivity contribution < 1.29 is 4.74 Å². The van der Waals surface area contributed by atoms with Crippen molar-refractivity contribution in [3.05, 3.63) is 35.5 Å². The first-order valence-electron chi connectivity index (χ1n) is 5.56. The van der Waals surface area contributed by atoms with Crippen molar-refractivity contribution in [2.24, 2.45) is 0 Å². The summed E-state index contributed by atoms with van der Waals surface area (Å²) in [6.07, 6.45) is 1.03. The summed E-state index contributed by atoms with van der Waals surface area (Å²) in [6.45, 7) is 4.36. The minimum Gasteiger partial charge on any atom is -0.496 e. The number of methoxy groups -OCH3 is 1. The van der Waals surface area contributed by atoms with Gasteiger partial charge in [0.1, 0.15) is 5.75 Å². The predicted molar refractivity (Wildman–Crippen MR) is 70.4 cm³/mol. The van der Waals surface area contributed by atoms with Gasteiger partial charge in [0.15, 0.2) is 0 Å². The van der Waals surface area contributed by atoms with Gasteiger partial charge in [-0.25, -0.2) is 0 Å². The van der Waals surface area contributed by atoms with Crippen LogP contribution in [0.15, 0.2) is 30.0 Å². The molecule has 2 nitrogen and oxygen atoms in total. The molecule has 1 unspecified atom stereocenters. The van der Waals surface area contributed by atoms with Gasteiger partial charge in [0.05, 0.1) is 12.5 Å². The van der Waals surface area contributed by atoms with Crippen LogP contribution in [0.4, 0.5) is 0 Å². The summed E-state index contributed by atoms with van der Waals surface area (Å²) in [6, 6.07) is 8.20. The van der Waals surface area contributed by atoms with Crippen LogP contribution in [0.1, 0.15) is 25.8 Å². The second kappa shape index (κ2) is 4.83. The highest BCUT2D eigenvalue weighted by Gasteiger charge is 2.22. The fraction of sp³-hybridized carbons (Fsp3) is 0.385. The van der Waals surface area contributed by atoms with E-state index in [4.69, 9.17) is 4.74 Å². The molecule has 0 bridgehead atoms. The molecule has 1 aromatic rings. The molecule has 1 N–H and O–H groups in total. The molecule has 16 heavy (non-hydrogen) atoms. The standard InChI is InChI=1S/C13H17NOS/c1-4-11-13(16-9(2)14-11)10-7-5-6-8-12(10)15-3/h5-9,14H,4H2,1-3H3.